The second-order valence-electron chi connectivity index (χ2n) is 8.16. The fraction of sp³-hybridized carbons (Fsp3) is 0.250. The summed E-state index contributed by atoms with van der Waals surface area (Å²) in [6.45, 7) is 0.785. The molecule has 5 rings (SSSR count). The molecule has 0 saturated carbocycles. The Morgan fingerprint density at radius 1 is 0.818 bits per heavy atom. The summed E-state index contributed by atoms with van der Waals surface area (Å²) in [7, 11) is -3.97. The number of hydrogen-bond acceptors (Lipinski definition) is 5. The molecule has 0 spiro atoms. The predicted octanol–water partition coefficient (Wildman–Crippen LogP) is 2.62. The van der Waals surface area contributed by atoms with Gasteiger partial charge in [-0.2, -0.15) is 4.31 Å². The highest BCUT2D eigenvalue weighted by Crippen LogP contribution is 2.32. The number of fused-ring (bicyclic) bond motifs is 1. The van der Waals surface area contributed by atoms with E-state index in [1.165, 1.54) is 27.4 Å². The van der Waals surface area contributed by atoms with Crippen molar-refractivity contribution in [2.45, 2.75) is 17.4 Å². The van der Waals surface area contributed by atoms with Crippen LogP contribution in [0.25, 0.3) is 10.8 Å². The topological polar surface area (TPSA) is 78.0 Å². The zero-order valence-electron chi connectivity index (χ0n) is 17.7. The van der Waals surface area contributed by atoms with Crippen LogP contribution in [0.1, 0.15) is 6.42 Å². The first kappa shape index (κ1) is 21.7. The Morgan fingerprint density at radius 2 is 1.48 bits per heavy atom. The van der Waals surface area contributed by atoms with Gasteiger partial charge < -0.3 is 0 Å². The summed E-state index contributed by atoms with van der Waals surface area (Å²) in [5.41, 5.74) is 0.561. The summed E-state index contributed by atoms with van der Waals surface area (Å²) in [5, 5.41) is 1.76. The van der Waals surface area contributed by atoms with Crippen LogP contribution in [-0.2, 0) is 19.6 Å². The van der Waals surface area contributed by atoms with Gasteiger partial charge in [0.1, 0.15) is 10.7 Å². The van der Waals surface area contributed by atoms with Crippen LogP contribution >= 0.6 is 0 Å². The first-order chi connectivity index (χ1) is 15.9. The van der Waals surface area contributed by atoms with Crippen molar-refractivity contribution >= 4 is 38.3 Å². The molecule has 2 amide bonds. The zero-order chi connectivity index (χ0) is 23.2. The van der Waals surface area contributed by atoms with Crippen molar-refractivity contribution in [1.29, 1.82) is 0 Å². The summed E-state index contributed by atoms with van der Waals surface area (Å²) in [4.78, 5) is 28.9. The molecule has 0 bridgehead atoms. The van der Waals surface area contributed by atoms with Crippen molar-refractivity contribution in [1.82, 2.24) is 9.21 Å². The molecule has 2 saturated heterocycles. The zero-order valence-corrected chi connectivity index (χ0v) is 18.5. The number of hydrogen-bond donors (Lipinski definition) is 0. The van der Waals surface area contributed by atoms with Gasteiger partial charge in [-0.05, 0) is 23.6 Å². The first-order valence-electron chi connectivity index (χ1n) is 10.7. The Hall–Kier alpha value is -3.14. The van der Waals surface area contributed by atoms with E-state index in [9.17, 15) is 22.4 Å². The molecule has 9 heteroatoms. The SMILES string of the molecule is O=C1CC(N2CCN(S(=O)(=O)c3ccccc3F)CC2)C(=O)N1c1cccc2ccccc12. The lowest BCUT2D eigenvalue weighted by atomic mass is 10.1. The molecule has 0 aliphatic carbocycles. The molecule has 2 aliphatic heterocycles. The van der Waals surface area contributed by atoms with Crippen LogP contribution in [-0.4, -0.2) is 61.7 Å². The van der Waals surface area contributed by atoms with Gasteiger partial charge in [0.25, 0.3) is 5.91 Å². The Bertz CT molecular complexity index is 1350. The molecule has 2 aliphatic rings. The quantitative estimate of drug-likeness (QED) is 0.552. The van der Waals surface area contributed by atoms with Crippen LogP contribution in [0.15, 0.2) is 71.6 Å². The lowest BCUT2D eigenvalue weighted by Gasteiger charge is -2.36. The van der Waals surface area contributed by atoms with E-state index in [0.717, 1.165) is 16.8 Å². The van der Waals surface area contributed by atoms with Crippen molar-refractivity contribution in [3.05, 3.63) is 72.5 Å². The summed E-state index contributed by atoms with van der Waals surface area (Å²) < 4.78 is 41.0. The van der Waals surface area contributed by atoms with E-state index >= 15 is 0 Å². The molecule has 2 heterocycles. The van der Waals surface area contributed by atoms with Crippen LogP contribution < -0.4 is 4.90 Å². The lowest BCUT2D eigenvalue weighted by molar-refractivity contribution is -0.123. The number of rotatable bonds is 4. The molecule has 0 N–H and O–H groups in total. The lowest BCUT2D eigenvalue weighted by Crippen LogP contribution is -2.53. The van der Waals surface area contributed by atoms with E-state index < -0.39 is 21.9 Å². The van der Waals surface area contributed by atoms with Gasteiger partial charge in [-0.15, -0.1) is 0 Å². The number of carbonyl (C=O) groups is 2. The normalized spacial score (nSPS) is 20.6. The third-order valence-electron chi connectivity index (χ3n) is 6.30. The second kappa shape index (κ2) is 8.33. The maximum absolute atomic E-state index is 14.1. The Morgan fingerprint density at radius 3 is 2.24 bits per heavy atom. The van der Waals surface area contributed by atoms with E-state index in [1.807, 2.05) is 41.3 Å². The largest absolute Gasteiger partial charge is 0.289 e. The number of imide groups is 1. The number of sulfonamides is 1. The van der Waals surface area contributed by atoms with Crippen molar-refractivity contribution in [3.8, 4) is 0 Å². The molecule has 33 heavy (non-hydrogen) atoms. The Balaban J connectivity index is 1.33. The summed E-state index contributed by atoms with van der Waals surface area (Å²) >= 11 is 0. The minimum Gasteiger partial charge on any atom is -0.289 e. The highest BCUT2D eigenvalue weighted by molar-refractivity contribution is 7.89. The number of anilines is 1. The number of halogens is 1. The first-order valence-corrected chi connectivity index (χ1v) is 12.2. The second-order valence-corrected chi connectivity index (χ2v) is 10.1. The van der Waals surface area contributed by atoms with Crippen molar-refractivity contribution < 1.29 is 22.4 Å². The number of benzene rings is 3. The van der Waals surface area contributed by atoms with Gasteiger partial charge in [-0.25, -0.2) is 17.7 Å². The number of amides is 2. The van der Waals surface area contributed by atoms with Gasteiger partial charge >= 0.3 is 0 Å². The molecule has 170 valence electrons. The molecule has 1 atom stereocenters. The molecule has 2 fully saturated rings. The Labute approximate surface area is 191 Å². The third-order valence-corrected chi connectivity index (χ3v) is 8.23. The number of piperazine rings is 1. The van der Waals surface area contributed by atoms with Crippen molar-refractivity contribution in [3.63, 3.8) is 0 Å². The minimum absolute atomic E-state index is 0.0438. The van der Waals surface area contributed by atoms with Crippen LogP contribution in [0, 0.1) is 5.82 Å². The van der Waals surface area contributed by atoms with E-state index in [2.05, 4.69) is 0 Å². The van der Waals surface area contributed by atoms with Gasteiger partial charge in [0.2, 0.25) is 15.9 Å². The minimum atomic E-state index is -3.97. The molecule has 1 unspecified atom stereocenters. The third kappa shape index (κ3) is 3.72. The fourth-order valence-corrected chi connectivity index (χ4v) is 6.09. The Kier molecular flexibility index (Phi) is 5.48. The molecule has 0 radical (unpaired) electrons. The van der Waals surface area contributed by atoms with Gasteiger partial charge in [0.15, 0.2) is 0 Å². The smallest absolute Gasteiger partial charge is 0.251 e. The van der Waals surface area contributed by atoms with Crippen molar-refractivity contribution in [2.75, 3.05) is 31.1 Å². The number of carbonyl (C=O) groups excluding carboxylic acids is 2. The maximum atomic E-state index is 14.1. The molecule has 3 aromatic rings. The predicted molar refractivity (Wildman–Crippen MR) is 122 cm³/mol. The number of nitrogens with zero attached hydrogens (tertiary/aromatic N) is 3. The summed E-state index contributed by atoms with van der Waals surface area (Å²) in [6.07, 6.45) is 0.0438. The maximum Gasteiger partial charge on any atom is 0.251 e. The van der Waals surface area contributed by atoms with E-state index in [0.29, 0.717) is 5.69 Å². The fourth-order valence-electron chi connectivity index (χ4n) is 4.61. The van der Waals surface area contributed by atoms with Crippen LogP contribution in [0.4, 0.5) is 10.1 Å². The standard InChI is InChI=1S/C24H22FN3O4S/c25-19-9-3-4-11-22(19)33(31,32)27-14-12-26(13-15-27)21-16-23(29)28(24(21)30)20-10-5-7-17-6-1-2-8-18(17)20/h1-11,21H,12-16H2. The van der Waals surface area contributed by atoms with Crippen LogP contribution in [0.5, 0.6) is 0 Å². The average molecular weight is 468 g/mol. The van der Waals surface area contributed by atoms with Gasteiger partial charge in [-0.1, -0.05) is 48.5 Å². The monoisotopic (exact) mass is 467 g/mol. The van der Waals surface area contributed by atoms with Crippen LogP contribution in [0.3, 0.4) is 0 Å². The van der Waals surface area contributed by atoms with E-state index in [4.69, 9.17) is 0 Å². The molecule has 0 aromatic heterocycles. The van der Waals surface area contributed by atoms with Gasteiger partial charge in [0, 0.05) is 31.6 Å². The van der Waals surface area contributed by atoms with Gasteiger partial charge in [-0.3, -0.25) is 14.5 Å². The summed E-state index contributed by atoms with van der Waals surface area (Å²) in [6, 6.07) is 17.7. The molecular formula is C24H22FN3O4S. The molecule has 7 nitrogen and oxygen atoms in total. The molecule has 3 aromatic carbocycles. The highest BCUT2D eigenvalue weighted by atomic mass is 32.2. The van der Waals surface area contributed by atoms with Crippen molar-refractivity contribution in [2.24, 2.45) is 0 Å². The molecular weight excluding hydrogens is 445 g/mol. The van der Waals surface area contributed by atoms with Gasteiger partial charge in [0.05, 0.1) is 18.2 Å². The van der Waals surface area contributed by atoms with Crippen LogP contribution in [0.2, 0.25) is 0 Å². The highest BCUT2D eigenvalue weighted by Gasteiger charge is 2.44. The summed E-state index contributed by atoms with van der Waals surface area (Å²) in [5.74, 6) is -1.37. The average Bonchev–Trinajstić information content (AvgIpc) is 3.12. The van der Waals surface area contributed by atoms with E-state index in [-0.39, 0.29) is 49.3 Å². The van der Waals surface area contributed by atoms with E-state index in [1.54, 1.807) is 6.07 Å².